The molecule has 0 aromatic rings. The monoisotopic (exact) mass is 256 g/mol. The molecule has 0 saturated heterocycles. The van der Waals surface area contributed by atoms with Gasteiger partial charge in [-0.05, 0) is 26.3 Å². The van der Waals surface area contributed by atoms with E-state index in [1.54, 1.807) is 0 Å². The molecular weight excluding hydrogens is 224 g/mol. The number of hydrogen-bond donors (Lipinski definition) is 1. The maximum absolute atomic E-state index is 5.42. The lowest BCUT2D eigenvalue weighted by Crippen LogP contribution is -2.38. The molecule has 1 fully saturated rings. The summed E-state index contributed by atoms with van der Waals surface area (Å²) in [5, 5.41) is 3.73. The quantitative estimate of drug-likeness (QED) is 0.507. The summed E-state index contributed by atoms with van der Waals surface area (Å²) < 4.78 is 5.42. The van der Waals surface area contributed by atoms with Crippen molar-refractivity contribution in [3.8, 4) is 0 Å². The molecule has 0 aromatic carbocycles. The first-order valence-corrected chi connectivity index (χ1v) is 7.90. The summed E-state index contributed by atoms with van der Waals surface area (Å²) in [5.41, 5.74) is 0. The van der Waals surface area contributed by atoms with Crippen LogP contribution in [0.15, 0.2) is 0 Å². The van der Waals surface area contributed by atoms with Crippen molar-refractivity contribution in [3.63, 3.8) is 0 Å². The first-order valence-electron chi connectivity index (χ1n) is 7.90. The standard InChI is InChI=1S/C15H32N2O/c1-3-17(13-14-18-4-2)12-11-16-15-9-7-5-6-8-10-15/h15-16H,3-14H2,1-2H3. The van der Waals surface area contributed by atoms with Gasteiger partial charge < -0.3 is 15.0 Å². The second-order valence-electron chi connectivity index (χ2n) is 5.27. The first kappa shape index (κ1) is 15.9. The Balaban J connectivity index is 2.06. The largest absolute Gasteiger partial charge is 0.380 e. The molecule has 0 radical (unpaired) electrons. The summed E-state index contributed by atoms with van der Waals surface area (Å²) >= 11 is 0. The van der Waals surface area contributed by atoms with E-state index in [1.807, 2.05) is 0 Å². The zero-order chi connectivity index (χ0) is 13.1. The lowest BCUT2D eigenvalue weighted by atomic mass is 10.1. The molecule has 0 unspecified atom stereocenters. The molecule has 0 aromatic heterocycles. The Morgan fingerprint density at radius 2 is 1.78 bits per heavy atom. The van der Waals surface area contributed by atoms with Crippen LogP contribution < -0.4 is 5.32 Å². The molecule has 0 bridgehead atoms. The zero-order valence-corrected chi connectivity index (χ0v) is 12.4. The highest BCUT2D eigenvalue weighted by atomic mass is 16.5. The summed E-state index contributed by atoms with van der Waals surface area (Å²) in [5.74, 6) is 0. The summed E-state index contributed by atoms with van der Waals surface area (Å²) in [6, 6.07) is 0.776. The number of nitrogens with zero attached hydrogens (tertiary/aromatic N) is 1. The topological polar surface area (TPSA) is 24.5 Å². The molecule has 108 valence electrons. The number of hydrogen-bond acceptors (Lipinski definition) is 3. The predicted molar refractivity (Wildman–Crippen MR) is 78.1 cm³/mol. The van der Waals surface area contributed by atoms with Crippen LogP contribution in [0.5, 0.6) is 0 Å². The van der Waals surface area contributed by atoms with Crippen molar-refractivity contribution in [1.82, 2.24) is 10.2 Å². The van der Waals surface area contributed by atoms with Crippen molar-refractivity contribution in [1.29, 1.82) is 0 Å². The van der Waals surface area contributed by atoms with E-state index < -0.39 is 0 Å². The van der Waals surface area contributed by atoms with Crippen molar-refractivity contribution in [2.45, 2.75) is 58.4 Å². The van der Waals surface area contributed by atoms with Crippen molar-refractivity contribution in [2.75, 3.05) is 39.4 Å². The molecule has 1 rings (SSSR count). The van der Waals surface area contributed by atoms with Crippen LogP contribution in [-0.2, 0) is 4.74 Å². The summed E-state index contributed by atoms with van der Waals surface area (Å²) in [7, 11) is 0. The van der Waals surface area contributed by atoms with Crippen LogP contribution >= 0.6 is 0 Å². The van der Waals surface area contributed by atoms with E-state index >= 15 is 0 Å². The molecule has 0 spiro atoms. The Morgan fingerprint density at radius 3 is 2.39 bits per heavy atom. The Kier molecular flexibility index (Phi) is 9.54. The van der Waals surface area contributed by atoms with Gasteiger partial charge in [0.1, 0.15) is 0 Å². The minimum Gasteiger partial charge on any atom is -0.380 e. The van der Waals surface area contributed by atoms with Gasteiger partial charge >= 0.3 is 0 Å². The maximum atomic E-state index is 5.42. The van der Waals surface area contributed by atoms with Crippen LogP contribution in [0.25, 0.3) is 0 Å². The molecule has 1 aliphatic carbocycles. The number of ether oxygens (including phenoxy) is 1. The molecule has 0 atom stereocenters. The lowest BCUT2D eigenvalue weighted by Gasteiger charge is -2.22. The minimum atomic E-state index is 0.776. The molecule has 1 saturated carbocycles. The van der Waals surface area contributed by atoms with E-state index in [1.165, 1.54) is 38.5 Å². The van der Waals surface area contributed by atoms with E-state index in [-0.39, 0.29) is 0 Å². The zero-order valence-electron chi connectivity index (χ0n) is 12.4. The van der Waals surface area contributed by atoms with Gasteiger partial charge in [-0.2, -0.15) is 0 Å². The molecule has 18 heavy (non-hydrogen) atoms. The first-order chi connectivity index (χ1) is 8.86. The second kappa shape index (κ2) is 10.8. The fraction of sp³-hybridized carbons (Fsp3) is 1.00. The van der Waals surface area contributed by atoms with Crippen LogP contribution in [0.1, 0.15) is 52.4 Å². The van der Waals surface area contributed by atoms with Gasteiger partial charge in [-0.25, -0.2) is 0 Å². The van der Waals surface area contributed by atoms with Crippen LogP contribution in [0.4, 0.5) is 0 Å². The Hall–Kier alpha value is -0.120. The molecule has 0 aliphatic heterocycles. The maximum Gasteiger partial charge on any atom is 0.0593 e. The third-order valence-corrected chi connectivity index (χ3v) is 3.92. The molecule has 3 nitrogen and oxygen atoms in total. The average molecular weight is 256 g/mol. The highest BCUT2D eigenvalue weighted by molar-refractivity contribution is 4.71. The molecule has 1 N–H and O–H groups in total. The normalized spacial score (nSPS) is 18.2. The highest BCUT2D eigenvalue weighted by Crippen LogP contribution is 2.16. The third-order valence-electron chi connectivity index (χ3n) is 3.92. The van der Waals surface area contributed by atoms with Gasteiger partial charge in [0.25, 0.3) is 0 Å². The van der Waals surface area contributed by atoms with Gasteiger partial charge in [-0.3, -0.25) is 0 Å². The SMILES string of the molecule is CCOCCN(CC)CCNC1CCCCCC1. The molecule has 0 heterocycles. The van der Waals surface area contributed by atoms with Gasteiger partial charge in [0.05, 0.1) is 6.61 Å². The molecule has 3 heteroatoms. The van der Waals surface area contributed by atoms with Crippen LogP contribution in [-0.4, -0.2) is 50.3 Å². The average Bonchev–Trinajstić information content (AvgIpc) is 2.66. The van der Waals surface area contributed by atoms with E-state index in [0.29, 0.717) is 0 Å². The van der Waals surface area contributed by atoms with E-state index in [0.717, 1.165) is 45.4 Å². The van der Waals surface area contributed by atoms with E-state index in [4.69, 9.17) is 4.74 Å². The van der Waals surface area contributed by atoms with Crippen molar-refractivity contribution in [3.05, 3.63) is 0 Å². The van der Waals surface area contributed by atoms with Gasteiger partial charge in [0.15, 0.2) is 0 Å². The fourth-order valence-electron chi connectivity index (χ4n) is 2.68. The van der Waals surface area contributed by atoms with Gasteiger partial charge in [-0.1, -0.05) is 32.6 Å². The Labute approximate surface area is 113 Å². The van der Waals surface area contributed by atoms with Crippen LogP contribution in [0.3, 0.4) is 0 Å². The molecular formula is C15H32N2O. The summed E-state index contributed by atoms with van der Waals surface area (Å²) in [4.78, 5) is 2.47. The third kappa shape index (κ3) is 7.34. The van der Waals surface area contributed by atoms with E-state index in [9.17, 15) is 0 Å². The molecule has 1 aliphatic rings. The second-order valence-corrected chi connectivity index (χ2v) is 5.27. The summed E-state index contributed by atoms with van der Waals surface area (Å²) in [6.07, 6.45) is 8.47. The van der Waals surface area contributed by atoms with Crippen molar-refractivity contribution >= 4 is 0 Å². The summed E-state index contributed by atoms with van der Waals surface area (Å²) in [6.45, 7) is 10.5. The van der Waals surface area contributed by atoms with Crippen molar-refractivity contribution < 1.29 is 4.74 Å². The Morgan fingerprint density at radius 1 is 1.06 bits per heavy atom. The lowest BCUT2D eigenvalue weighted by molar-refractivity contribution is 0.115. The predicted octanol–water partition coefficient (Wildman–Crippen LogP) is 2.66. The smallest absolute Gasteiger partial charge is 0.0593 e. The van der Waals surface area contributed by atoms with Crippen molar-refractivity contribution in [2.24, 2.45) is 0 Å². The number of likely N-dealkylation sites (N-methyl/N-ethyl adjacent to an activating group) is 1. The van der Waals surface area contributed by atoms with Crippen LogP contribution in [0, 0.1) is 0 Å². The van der Waals surface area contributed by atoms with Gasteiger partial charge in [0.2, 0.25) is 0 Å². The fourth-order valence-corrected chi connectivity index (χ4v) is 2.68. The minimum absolute atomic E-state index is 0.776. The Bertz CT molecular complexity index is 179. The van der Waals surface area contributed by atoms with Gasteiger partial charge in [-0.15, -0.1) is 0 Å². The highest BCUT2D eigenvalue weighted by Gasteiger charge is 2.11. The van der Waals surface area contributed by atoms with E-state index in [2.05, 4.69) is 24.1 Å². The van der Waals surface area contributed by atoms with Crippen LogP contribution in [0.2, 0.25) is 0 Å². The number of rotatable bonds is 9. The number of nitrogens with one attached hydrogen (secondary N) is 1. The van der Waals surface area contributed by atoms with Gasteiger partial charge in [0, 0.05) is 32.3 Å². The molecule has 0 amide bonds.